The van der Waals surface area contributed by atoms with Gasteiger partial charge in [-0.3, -0.25) is 4.98 Å². The Balaban J connectivity index is 1.97. The summed E-state index contributed by atoms with van der Waals surface area (Å²) >= 11 is 3.43. The van der Waals surface area contributed by atoms with Crippen molar-refractivity contribution in [1.29, 1.82) is 0 Å². The van der Waals surface area contributed by atoms with E-state index in [4.69, 9.17) is 10.5 Å². The summed E-state index contributed by atoms with van der Waals surface area (Å²) in [4.78, 5) is 4.18. The Bertz CT molecular complexity index is 394. The van der Waals surface area contributed by atoms with Crippen molar-refractivity contribution in [2.45, 2.75) is 31.4 Å². The molecule has 2 atom stereocenters. The molecule has 100 valence electrons. The molecule has 3 N–H and O–H groups in total. The van der Waals surface area contributed by atoms with Gasteiger partial charge in [-0.15, -0.1) is 0 Å². The average Bonchev–Trinajstić information content (AvgIpc) is 2.77. The number of halogens is 1. The van der Waals surface area contributed by atoms with Crippen LogP contribution >= 0.6 is 15.9 Å². The molecule has 1 aliphatic heterocycles. The molecular formula is C13H20BrN3O. The zero-order chi connectivity index (χ0) is 13.0. The lowest BCUT2D eigenvalue weighted by Crippen LogP contribution is -2.41. The SMILES string of the molecule is CC1(CNC(CN)c2cncc(Br)c2)CCCO1. The summed E-state index contributed by atoms with van der Waals surface area (Å²) in [6.07, 6.45) is 5.88. The van der Waals surface area contributed by atoms with Gasteiger partial charge in [0.05, 0.1) is 5.60 Å². The van der Waals surface area contributed by atoms with Crippen LogP contribution < -0.4 is 11.1 Å². The van der Waals surface area contributed by atoms with Crippen molar-refractivity contribution in [2.24, 2.45) is 5.73 Å². The number of hydrogen-bond acceptors (Lipinski definition) is 4. The molecule has 0 aliphatic carbocycles. The van der Waals surface area contributed by atoms with Gasteiger partial charge in [0.2, 0.25) is 0 Å². The Morgan fingerprint density at radius 2 is 2.44 bits per heavy atom. The number of aromatic nitrogens is 1. The molecule has 1 saturated heterocycles. The van der Waals surface area contributed by atoms with Gasteiger partial charge < -0.3 is 15.8 Å². The Labute approximate surface area is 116 Å². The van der Waals surface area contributed by atoms with Crippen molar-refractivity contribution in [2.75, 3.05) is 19.7 Å². The Morgan fingerprint density at radius 1 is 1.61 bits per heavy atom. The van der Waals surface area contributed by atoms with E-state index in [1.165, 1.54) is 0 Å². The molecule has 0 bridgehead atoms. The fourth-order valence-corrected chi connectivity index (χ4v) is 2.65. The third-order valence-corrected chi connectivity index (χ3v) is 3.82. The van der Waals surface area contributed by atoms with Crippen LogP contribution in [0.4, 0.5) is 0 Å². The predicted octanol–water partition coefficient (Wildman–Crippen LogP) is 2.00. The highest BCUT2D eigenvalue weighted by Gasteiger charge is 2.30. The van der Waals surface area contributed by atoms with Crippen LogP contribution in [-0.2, 0) is 4.74 Å². The Morgan fingerprint density at radius 3 is 3.06 bits per heavy atom. The zero-order valence-corrected chi connectivity index (χ0v) is 12.2. The molecule has 0 radical (unpaired) electrons. The van der Waals surface area contributed by atoms with E-state index in [-0.39, 0.29) is 11.6 Å². The lowest BCUT2D eigenvalue weighted by atomic mass is 10.0. The lowest BCUT2D eigenvalue weighted by Gasteiger charge is -2.27. The summed E-state index contributed by atoms with van der Waals surface area (Å²) in [5, 5.41) is 3.48. The molecule has 0 amide bonds. The van der Waals surface area contributed by atoms with E-state index in [1.54, 1.807) is 6.20 Å². The molecule has 0 spiro atoms. The molecule has 4 nitrogen and oxygen atoms in total. The van der Waals surface area contributed by atoms with Gasteiger partial charge in [0.1, 0.15) is 0 Å². The minimum absolute atomic E-state index is 0.0487. The molecule has 0 aromatic carbocycles. The van der Waals surface area contributed by atoms with Crippen molar-refractivity contribution in [3.05, 3.63) is 28.5 Å². The first-order valence-corrected chi connectivity index (χ1v) is 7.10. The molecule has 1 aromatic rings. The summed E-state index contributed by atoms with van der Waals surface area (Å²) in [5.41, 5.74) is 6.89. The van der Waals surface area contributed by atoms with Gasteiger partial charge in [-0.1, -0.05) is 0 Å². The smallest absolute Gasteiger partial charge is 0.0779 e. The molecule has 0 saturated carbocycles. The number of nitrogens with one attached hydrogen (secondary N) is 1. The Kier molecular flexibility index (Phi) is 4.72. The van der Waals surface area contributed by atoms with Crippen LogP contribution in [0.15, 0.2) is 22.9 Å². The second-order valence-electron chi connectivity index (χ2n) is 5.01. The molecule has 5 heteroatoms. The van der Waals surface area contributed by atoms with Gasteiger partial charge in [-0.25, -0.2) is 0 Å². The van der Waals surface area contributed by atoms with Crippen LogP contribution in [0.3, 0.4) is 0 Å². The van der Waals surface area contributed by atoms with Crippen LogP contribution in [0.2, 0.25) is 0 Å². The van der Waals surface area contributed by atoms with E-state index in [1.807, 2.05) is 6.20 Å². The average molecular weight is 314 g/mol. The van der Waals surface area contributed by atoms with Gasteiger partial charge >= 0.3 is 0 Å². The largest absolute Gasteiger partial charge is 0.374 e. The van der Waals surface area contributed by atoms with Gasteiger partial charge in [0.25, 0.3) is 0 Å². The molecule has 1 aliphatic rings. The van der Waals surface area contributed by atoms with Crippen LogP contribution in [0.1, 0.15) is 31.4 Å². The summed E-state index contributed by atoms with van der Waals surface area (Å²) in [6, 6.07) is 2.17. The highest BCUT2D eigenvalue weighted by atomic mass is 79.9. The summed E-state index contributed by atoms with van der Waals surface area (Å²) in [5.74, 6) is 0. The molecular weight excluding hydrogens is 294 g/mol. The quantitative estimate of drug-likeness (QED) is 0.873. The maximum Gasteiger partial charge on any atom is 0.0779 e. The Hall–Kier alpha value is -0.490. The third kappa shape index (κ3) is 3.51. The fraction of sp³-hybridized carbons (Fsp3) is 0.615. The predicted molar refractivity (Wildman–Crippen MR) is 75.3 cm³/mol. The number of rotatable bonds is 5. The van der Waals surface area contributed by atoms with Gasteiger partial charge in [0.15, 0.2) is 0 Å². The summed E-state index contributed by atoms with van der Waals surface area (Å²) in [7, 11) is 0. The van der Waals surface area contributed by atoms with Crippen molar-refractivity contribution in [3.8, 4) is 0 Å². The van der Waals surface area contributed by atoms with Crippen LogP contribution in [0.25, 0.3) is 0 Å². The maximum absolute atomic E-state index is 5.84. The maximum atomic E-state index is 5.84. The fourth-order valence-electron chi connectivity index (χ4n) is 2.27. The van der Waals surface area contributed by atoms with Crippen LogP contribution in [-0.4, -0.2) is 30.3 Å². The molecule has 2 rings (SSSR count). The van der Waals surface area contributed by atoms with E-state index in [0.29, 0.717) is 6.54 Å². The normalized spacial score (nSPS) is 25.3. The van der Waals surface area contributed by atoms with Crippen molar-refractivity contribution in [1.82, 2.24) is 10.3 Å². The number of ether oxygens (including phenoxy) is 1. The van der Waals surface area contributed by atoms with Gasteiger partial charge in [-0.2, -0.15) is 0 Å². The van der Waals surface area contributed by atoms with E-state index in [9.17, 15) is 0 Å². The van der Waals surface area contributed by atoms with Crippen molar-refractivity contribution < 1.29 is 4.74 Å². The van der Waals surface area contributed by atoms with E-state index in [2.05, 4.69) is 39.2 Å². The minimum atomic E-state index is -0.0487. The first-order chi connectivity index (χ1) is 8.63. The van der Waals surface area contributed by atoms with Crippen molar-refractivity contribution >= 4 is 15.9 Å². The molecule has 1 fully saturated rings. The van der Waals surface area contributed by atoms with Crippen LogP contribution in [0.5, 0.6) is 0 Å². The first kappa shape index (κ1) is 13.9. The second kappa shape index (κ2) is 6.10. The molecule has 2 unspecified atom stereocenters. The highest BCUT2D eigenvalue weighted by Crippen LogP contribution is 2.25. The van der Waals surface area contributed by atoms with Crippen LogP contribution in [0, 0.1) is 0 Å². The topological polar surface area (TPSA) is 60.2 Å². The molecule has 1 aromatic heterocycles. The minimum Gasteiger partial charge on any atom is -0.374 e. The van der Waals surface area contributed by atoms with E-state index in [0.717, 1.165) is 36.0 Å². The van der Waals surface area contributed by atoms with E-state index >= 15 is 0 Å². The third-order valence-electron chi connectivity index (χ3n) is 3.39. The highest BCUT2D eigenvalue weighted by molar-refractivity contribution is 9.10. The molecule has 2 heterocycles. The van der Waals surface area contributed by atoms with Gasteiger partial charge in [0, 0.05) is 42.6 Å². The summed E-state index contributed by atoms with van der Waals surface area (Å²) in [6.45, 7) is 4.39. The number of nitrogens with two attached hydrogens (primary N) is 1. The van der Waals surface area contributed by atoms with E-state index < -0.39 is 0 Å². The number of pyridine rings is 1. The van der Waals surface area contributed by atoms with Crippen molar-refractivity contribution in [3.63, 3.8) is 0 Å². The number of hydrogen-bond donors (Lipinski definition) is 2. The second-order valence-corrected chi connectivity index (χ2v) is 5.92. The monoisotopic (exact) mass is 313 g/mol. The molecule has 18 heavy (non-hydrogen) atoms. The number of nitrogens with zero attached hydrogens (tertiary/aromatic N) is 1. The first-order valence-electron chi connectivity index (χ1n) is 6.31. The standard InChI is InChI=1S/C13H20BrN3O/c1-13(3-2-4-18-13)9-17-12(6-15)10-5-11(14)8-16-7-10/h5,7-8,12,17H,2-4,6,9,15H2,1H3. The summed E-state index contributed by atoms with van der Waals surface area (Å²) < 4.78 is 6.74. The zero-order valence-electron chi connectivity index (χ0n) is 10.7. The van der Waals surface area contributed by atoms with Gasteiger partial charge in [-0.05, 0) is 47.3 Å². The lowest BCUT2D eigenvalue weighted by molar-refractivity contribution is 0.0189.